The molecule has 0 radical (unpaired) electrons. The minimum Gasteiger partial charge on any atom is -0.481 e. The van der Waals surface area contributed by atoms with E-state index in [9.17, 15) is 24.3 Å². The molecule has 1 heterocycles. The van der Waals surface area contributed by atoms with Crippen LogP contribution < -0.4 is 0 Å². The first-order chi connectivity index (χ1) is 8.40. The molecular weight excluding hydrogens is 246 g/mol. The molecule has 1 atom stereocenters. The lowest BCUT2D eigenvalue weighted by molar-refractivity contribution is -0.198. The first-order valence-electron chi connectivity index (χ1n) is 5.36. The van der Waals surface area contributed by atoms with Gasteiger partial charge >= 0.3 is 11.9 Å². The molecule has 1 aliphatic rings. The second-order valence-electron chi connectivity index (χ2n) is 3.84. The molecule has 2 amide bonds. The van der Waals surface area contributed by atoms with Crippen LogP contribution in [-0.4, -0.2) is 45.1 Å². The summed E-state index contributed by atoms with van der Waals surface area (Å²) >= 11 is 0. The van der Waals surface area contributed by atoms with Crippen molar-refractivity contribution in [1.82, 2.24) is 5.06 Å². The summed E-state index contributed by atoms with van der Waals surface area (Å²) in [6.07, 6.45) is -2.05. The summed E-state index contributed by atoms with van der Waals surface area (Å²) < 4.78 is 0. The molecule has 0 aromatic carbocycles. The summed E-state index contributed by atoms with van der Waals surface area (Å²) in [4.78, 5) is 48.2. The topological polar surface area (TPSA) is 121 Å². The van der Waals surface area contributed by atoms with Crippen LogP contribution in [0.3, 0.4) is 0 Å². The number of hydroxylamine groups is 2. The summed E-state index contributed by atoms with van der Waals surface area (Å²) in [6.45, 7) is 0. The van der Waals surface area contributed by atoms with E-state index < -0.39 is 36.3 Å². The van der Waals surface area contributed by atoms with Crippen molar-refractivity contribution in [3.8, 4) is 0 Å². The molecule has 1 unspecified atom stereocenters. The van der Waals surface area contributed by atoms with E-state index in [0.29, 0.717) is 5.06 Å². The van der Waals surface area contributed by atoms with Crippen molar-refractivity contribution in [3.05, 3.63) is 0 Å². The van der Waals surface area contributed by atoms with Gasteiger partial charge in [-0.1, -0.05) is 0 Å². The van der Waals surface area contributed by atoms with Gasteiger partial charge in [0.2, 0.25) is 0 Å². The summed E-state index contributed by atoms with van der Waals surface area (Å²) in [5, 5.41) is 18.1. The van der Waals surface area contributed by atoms with Crippen LogP contribution in [0.1, 0.15) is 32.1 Å². The van der Waals surface area contributed by atoms with Gasteiger partial charge in [0, 0.05) is 19.3 Å². The highest BCUT2D eigenvalue weighted by molar-refractivity contribution is 6.01. The van der Waals surface area contributed by atoms with Gasteiger partial charge in [0.15, 0.2) is 0 Å². The van der Waals surface area contributed by atoms with Crippen LogP contribution in [-0.2, 0) is 24.0 Å². The second kappa shape index (κ2) is 6.10. The van der Waals surface area contributed by atoms with Gasteiger partial charge < -0.3 is 15.1 Å². The predicted molar refractivity (Wildman–Crippen MR) is 54.7 cm³/mol. The molecule has 8 nitrogen and oxygen atoms in total. The van der Waals surface area contributed by atoms with Gasteiger partial charge in [-0.05, 0) is 6.42 Å². The summed E-state index contributed by atoms with van der Waals surface area (Å²) in [5.41, 5.74) is 0. The van der Waals surface area contributed by atoms with Crippen molar-refractivity contribution in [1.29, 1.82) is 0 Å². The zero-order valence-electron chi connectivity index (χ0n) is 9.50. The number of imide groups is 1. The number of aliphatic hydroxyl groups excluding tert-OH is 1. The molecule has 0 aromatic heterocycles. The van der Waals surface area contributed by atoms with Gasteiger partial charge in [-0.15, -0.1) is 5.06 Å². The van der Waals surface area contributed by atoms with Gasteiger partial charge in [0.05, 0.1) is 12.5 Å². The van der Waals surface area contributed by atoms with Crippen molar-refractivity contribution >= 4 is 23.8 Å². The molecule has 0 aromatic rings. The Morgan fingerprint density at radius 1 is 1.28 bits per heavy atom. The highest BCUT2D eigenvalue weighted by Gasteiger charge is 2.33. The minimum atomic E-state index is -1.18. The maximum absolute atomic E-state index is 11.3. The van der Waals surface area contributed by atoms with Crippen molar-refractivity contribution in [2.45, 2.75) is 38.2 Å². The molecule has 8 heteroatoms. The summed E-state index contributed by atoms with van der Waals surface area (Å²) in [7, 11) is 0. The number of hydrogen-bond acceptors (Lipinski definition) is 6. The highest BCUT2D eigenvalue weighted by atomic mass is 16.7. The lowest BCUT2D eigenvalue weighted by Crippen LogP contribution is -2.33. The third kappa shape index (κ3) is 4.13. The van der Waals surface area contributed by atoms with E-state index in [-0.39, 0.29) is 25.7 Å². The van der Waals surface area contributed by atoms with Crippen molar-refractivity contribution in [2.75, 3.05) is 0 Å². The average molecular weight is 259 g/mol. The first kappa shape index (κ1) is 14.1. The van der Waals surface area contributed by atoms with E-state index in [4.69, 9.17) is 5.11 Å². The quantitative estimate of drug-likeness (QED) is 0.599. The number of carbonyl (C=O) groups is 4. The Morgan fingerprint density at radius 3 is 2.33 bits per heavy atom. The van der Waals surface area contributed by atoms with Crippen LogP contribution in [0.5, 0.6) is 0 Å². The molecule has 1 aliphatic heterocycles. The number of aliphatic carboxylic acids is 1. The summed E-state index contributed by atoms with van der Waals surface area (Å²) in [6, 6.07) is 0. The SMILES string of the molecule is O=C(O)CCC(O)CC(=O)ON1C(=O)CCC1=O. The van der Waals surface area contributed by atoms with Gasteiger partial charge in [-0.3, -0.25) is 14.4 Å². The normalized spacial score (nSPS) is 16.8. The zero-order chi connectivity index (χ0) is 13.7. The van der Waals surface area contributed by atoms with Gasteiger partial charge in [-0.25, -0.2) is 4.79 Å². The zero-order valence-corrected chi connectivity index (χ0v) is 9.50. The second-order valence-corrected chi connectivity index (χ2v) is 3.84. The minimum absolute atomic E-state index is 0.00627. The third-order valence-electron chi connectivity index (χ3n) is 2.29. The van der Waals surface area contributed by atoms with Gasteiger partial charge in [0.25, 0.3) is 11.8 Å². The van der Waals surface area contributed by atoms with E-state index in [0.717, 1.165) is 0 Å². The highest BCUT2D eigenvalue weighted by Crippen LogP contribution is 2.13. The van der Waals surface area contributed by atoms with Crippen molar-refractivity contribution in [3.63, 3.8) is 0 Å². The van der Waals surface area contributed by atoms with Crippen molar-refractivity contribution < 1.29 is 34.2 Å². The Labute approximate surface area is 102 Å². The van der Waals surface area contributed by atoms with E-state index >= 15 is 0 Å². The predicted octanol–water partition coefficient (Wildman–Crippen LogP) is -0.791. The standard InChI is InChI=1S/C10H13NO7/c12-6(1-4-9(15)16)5-10(17)18-11-7(13)2-3-8(11)14/h6,12H,1-5H2,(H,15,16). The van der Waals surface area contributed by atoms with Crippen LogP contribution in [0.15, 0.2) is 0 Å². The molecule has 1 rings (SSSR count). The first-order valence-corrected chi connectivity index (χ1v) is 5.36. The molecule has 0 bridgehead atoms. The lowest BCUT2D eigenvalue weighted by atomic mass is 10.1. The number of amides is 2. The van der Waals surface area contributed by atoms with E-state index in [1.54, 1.807) is 0 Å². The van der Waals surface area contributed by atoms with Crippen LogP contribution in [0.25, 0.3) is 0 Å². The molecule has 2 N–H and O–H groups in total. The number of carbonyl (C=O) groups excluding carboxylic acids is 3. The number of rotatable bonds is 6. The number of nitrogens with zero attached hydrogens (tertiary/aromatic N) is 1. The van der Waals surface area contributed by atoms with E-state index in [1.807, 2.05) is 0 Å². The number of aliphatic hydroxyl groups is 1. The maximum atomic E-state index is 11.3. The van der Waals surface area contributed by atoms with E-state index in [2.05, 4.69) is 4.84 Å². The Hall–Kier alpha value is -1.96. The molecule has 0 aliphatic carbocycles. The Kier molecular flexibility index (Phi) is 4.78. The monoisotopic (exact) mass is 259 g/mol. The Balaban J connectivity index is 2.35. The molecule has 18 heavy (non-hydrogen) atoms. The fourth-order valence-corrected chi connectivity index (χ4v) is 1.38. The van der Waals surface area contributed by atoms with Crippen LogP contribution >= 0.6 is 0 Å². The average Bonchev–Trinajstić information content (AvgIpc) is 2.58. The molecule has 0 spiro atoms. The fourth-order valence-electron chi connectivity index (χ4n) is 1.38. The number of hydrogen-bond donors (Lipinski definition) is 2. The van der Waals surface area contributed by atoms with Crippen molar-refractivity contribution in [2.24, 2.45) is 0 Å². The number of carboxylic acids is 1. The maximum Gasteiger partial charge on any atom is 0.335 e. The van der Waals surface area contributed by atoms with Gasteiger partial charge in [-0.2, -0.15) is 0 Å². The smallest absolute Gasteiger partial charge is 0.335 e. The Morgan fingerprint density at radius 2 is 1.83 bits per heavy atom. The lowest BCUT2D eigenvalue weighted by Gasteiger charge is -2.14. The van der Waals surface area contributed by atoms with Crippen LogP contribution in [0.4, 0.5) is 0 Å². The largest absolute Gasteiger partial charge is 0.481 e. The molecule has 1 fully saturated rings. The van der Waals surface area contributed by atoms with E-state index in [1.165, 1.54) is 0 Å². The van der Waals surface area contributed by atoms with Crippen LogP contribution in [0, 0.1) is 0 Å². The van der Waals surface area contributed by atoms with Crippen LogP contribution in [0.2, 0.25) is 0 Å². The Bertz CT molecular complexity index is 362. The molecule has 1 saturated heterocycles. The third-order valence-corrected chi connectivity index (χ3v) is 2.29. The molecule has 0 saturated carbocycles. The van der Waals surface area contributed by atoms with Gasteiger partial charge in [0.1, 0.15) is 0 Å². The number of carboxylic acid groups (broad SMARTS) is 1. The fraction of sp³-hybridized carbons (Fsp3) is 0.600. The molecular formula is C10H13NO7. The summed E-state index contributed by atoms with van der Waals surface area (Å²) in [5.74, 6) is -3.24. The molecule has 100 valence electrons.